The molecule has 3 rings (SSSR count). The lowest BCUT2D eigenvalue weighted by Gasteiger charge is -2.25. The van der Waals surface area contributed by atoms with Crippen molar-refractivity contribution in [3.05, 3.63) is 105 Å². The van der Waals surface area contributed by atoms with Gasteiger partial charge in [-0.25, -0.2) is 0 Å². The summed E-state index contributed by atoms with van der Waals surface area (Å²) in [5, 5.41) is 0. The van der Waals surface area contributed by atoms with Gasteiger partial charge in [-0.05, 0) is 62.7 Å². The van der Waals surface area contributed by atoms with Crippen molar-refractivity contribution < 1.29 is 27.9 Å². The van der Waals surface area contributed by atoms with Gasteiger partial charge in [0.25, 0.3) is 0 Å². The molecule has 3 aromatic rings. The van der Waals surface area contributed by atoms with Crippen LogP contribution in [-0.4, -0.2) is 9.79 Å². The van der Waals surface area contributed by atoms with Crippen LogP contribution in [0.15, 0.2) is 71.2 Å². The molecule has 0 radical (unpaired) electrons. The number of alkyl halides is 2. The summed E-state index contributed by atoms with van der Waals surface area (Å²) in [5.41, 5.74) is -0.965. The van der Waals surface area contributed by atoms with E-state index < -0.39 is 18.8 Å². The van der Waals surface area contributed by atoms with Crippen molar-refractivity contribution in [2.75, 3.05) is 0 Å². The Kier molecular flexibility index (Phi) is 8.82. The average molecular weight is 553 g/mol. The van der Waals surface area contributed by atoms with Crippen LogP contribution < -0.4 is 0 Å². The molecule has 0 fully saturated rings. The number of hydrogen-bond donors (Lipinski definition) is 2. The minimum Gasteiger partial charge on any atom is -0.368 e. The van der Waals surface area contributed by atoms with Gasteiger partial charge in [-0.1, -0.05) is 74.5 Å². The third-order valence-corrected chi connectivity index (χ3v) is 7.74. The van der Waals surface area contributed by atoms with Crippen LogP contribution in [0.2, 0.25) is 0 Å². The first-order chi connectivity index (χ1) is 16.1. The summed E-state index contributed by atoms with van der Waals surface area (Å²) in [6.45, 7) is 3.82. The molecular formula is C26H28BrF2O4P. The van der Waals surface area contributed by atoms with Gasteiger partial charge in [0.05, 0.1) is 12.7 Å². The van der Waals surface area contributed by atoms with E-state index in [1.54, 1.807) is 0 Å². The first-order valence-electron chi connectivity index (χ1n) is 11.1. The van der Waals surface area contributed by atoms with Gasteiger partial charge in [0, 0.05) is 16.5 Å². The summed E-state index contributed by atoms with van der Waals surface area (Å²) < 4.78 is 47.2. The first kappa shape index (κ1) is 26.7. The minimum absolute atomic E-state index is 0.0124. The molecule has 0 aliphatic rings. The number of ether oxygens (including phenoxy) is 1. The van der Waals surface area contributed by atoms with Crippen LogP contribution >= 0.6 is 23.5 Å². The van der Waals surface area contributed by atoms with E-state index in [0.717, 1.165) is 16.7 Å². The highest BCUT2D eigenvalue weighted by Crippen LogP contribution is 2.61. The Bertz CT molecular complexity index is 1150. The molecule has 4 nitrogen and oxygen atoms in total. The number of halogens is 3. The van der Waals surface area contributed by atoms with Crippen molar-refractivity contribution >= 4 is 23.5 Å². The summed E-state index contributed by atoms with van der Waals surface area (Å²) in [4.78, 5) is 18.6. The lowest BCUT2D eigenvalue weighted by Crippen LogP contribution is -2.18. The van der Waals surface area contributed by atoms with Gasteiger partial charge in [-0.15, -0.1) is 0 Å². The quantitative estimate of drug-likeness (QED) is 0.259. The normalized spacial score (nSPS) is 13.1. The van der Waals surface area contributed by atoms with Crippen molar-refractivity contribution in [2.45, 2.75) is 51.5 Å². The van der Waals surface area contributed by atoms with Crippen molar-refractivity contribution in [3.63, 3.8) is 0 Å². The van der Waals surface area contributed by atoms with Gasteiger partial charge in [0.1, 0.15) is 0 Å². The maximum absolute atomic E-state index is 14.6. The highest BCUT2D eigenvalue weighted by atomic mass is 79.9. The molecule has 0 aliphatic heterocycles. The lowest BCUT2D eigenvalue weighted by molar-refractivity contribution is 0.0387. The summed E-state index contributed by atoms with van der Waals surface area (Å²) >= 11 is 3.21. The molecule has 34 heavy (non-hydrogen) atoms. The van der Waals surface area contributed by atoms with Crippen LogP contribution in [0.25, 0.3) is 0 Å². The Hall–Kier alpha value is -1.89. The third-order valence-electron chi connectivity index (χ3n) is 5.86. The molecule has 0 spiro atoms. The van der Waals surface area contributed by atoms with Crippen molar-refractivity contribution in [3.8, 4) is 0 Å². The number of hydrogen-bond acceptors (Lipinski definition) is 2. The predicted octanol–water partition coefficient (Wildman–Crippen LogP) is 7.30. The molecule has 0 aliphatic carbocycles. The molecule has 182 valence electrons. The van der Waals surface area contributed by atoms with Crippen molar-refractivity contribution in [1.82, 2.24) is 0 Å². The topological polar surface area (TPSA) is 66.8 Å². The largest absolute Gasteiger partial charge is 0.399 e. The lowest BCUT2D eigenvalue weighted by atomic mass is 9.94. The fourth-order valence-corrected chi connectivity index (χ4v) is 5.53. The maximum Gasteiger partial charge on any atom is 0.399 e. The number of aryl methyl sites for hydroxylation is 1. The summed E-state index contributed by atoms with van der Waals surface area (Å²) in [6.07, 6.45) is 1.20. The van der Waals surface area contributed by atoms with Gasteiger partial charge in [-0.3, -0.25) is 4.57 Å². The van der Waals surface area contributed by atoms with E-state index in [9.17, 15) is 23.1 Å². The second kappa shape index (κ2) is 11.2. The van der Waals surface area contributed by atoms with E-state index in [1.165, 1.54) is 6.07 Å². The average Bonchev–Trinajstić information content (AvgIpc) is 2.82. The van der Waals surface area contributed by atoms with Crippen LogP contribution in [0.3, 0.4) is 0 Å². The Morgan fingerprint density at radius 2 is 1.56 bits per heavy atom. The molecule has 0 saturated heterocycles. The first-order valence-corrected chi connectivity index (χ1v) is 13.5. The number of rotatable bonds is 10. The molecule has 8 heteroatoms. The monoisotopic (exact) mass is 552 g/mol. The SMILES string of the molecule is CCc1cc(C(F)(F)P(=O)(O)O)c(Br)c(CC)c1COC(Cc1ccccc1)c1ccccc1. The standard InChI is InChI=1S/C26H28BrF2O4P/c1-3-19-16-23(26(28,29)34(30,31)32)25(27)21(4-2)22(19)17-33-24(20-13-9-6-10-14-20)15-18-11-7-5-8-12-18/h5-14,16,24H,3-4,15,17H2,1-2H3,(H2,30,31,32). The third kappa shape index (κ3) is 5.84. The summed E-state index contributed by atoms with van der Waals surface area (Å²) in [5.74, 6) is 0. The van der Waals surface area contributed by atoms with E-state index in [0.29, 0.717) is 30.4 Å². The Morgan fingerprint density at radius 1 is 0.971 bits per heavy atom. The second-order valence-electron chi connectivity index (χ2n) is 8.05. The van der Waals surface area contributed by atoms with Crippen LogP contribution in [0, 0.1) is 0 Å². The summed E-state index contributed by atoms with van der Waals surface area (Å²) in [7, 11) is -5.70. The van der Waals surface area contributed by atoms with Gasteiger partial charge >= 0.3 is 13.3 Å². The zero-order chi connectivity index (χ0) is 24.9. The van der Waals surface area contributed by atoms with Gasteiger partial charge < -0.3 is 14.5 Å². The van der Waals surface area contributed by atoms with Crippen LogP contribution in [0.5, 0.6) is 0 Å². The molecule has 2 N–H and O–H groups in total. The van der Waals surface area contributed by atoms with Gasteiger partial charge in [0.2, 0.25) is 0 Å². The van der Waals surface area contributed by atoms with Crippen molar-refractivity contribution in [1.29, 1.82) is 0 Å². The van der Waals surface area contributed by atoms with E-state index in [4.69, 9.17) is 4.74 Å². The van der Waals surface area contributed by atoms with Gasteiger partial charge in [0.15, 0.2) is 0 Å². The number of benzene rings is 3. The van der Waals surface area contributed by atoms with E-state index in [-0.39, 0.29) is 17.2 Å². The van der Waals surface area contributed by atoms with Crippen molar-refractivity contribution in [2.24, 2.45) is 0 Å². The van der Waals surface area contributed by atoms with Crippen LogP contribution in [-0.2, 0) is 40.8 Å². The fourth-order valence-electron chi connectivity index (χ4n) is 4.01. The van der Waals surface area contributed by atoms with Crippen LogP contribution in [0.4, 0.5) is 8.78 Å². The Balaban J connectivity index is 2.00. The Morgan fingerprint density at radius 3 is 2.09 bits per heavy atom. The maximum atomic E-state index is 14.6. The van der Waals surface area contributed by atoms with Gasteiger partial charge in [-0.2, -0.15) is 8.78 Å². The zero-order valence-corrected chi connectivity index (χ0v) is 21.5. The molecule has 3 aromatic carbocycles. The van der Waals surface area contributed by atoms with E-state index >= 15 is 0 Å². The molecule has 0 amide bonds. The molecular weight excluding hydrogens is 525 g/mol. The highest BCUT2D eigenvalue weighted by Gasteiger charge is 2.52. The smallest absolute Gasteiger partial charge is 0.368 e. The van der Waals surface area contributed by atoms with Crippen LogP contribution in [0.1, 0.15) is 53.3 Å². The molecule has 0 bridgehead atoms. The molecule has 0 saturated carbocycles. The second-order valence-corrected chi connectivity index (χ2v) is 10.5. The van der Waals surface area contributed by atoms with E-state index in [1.807, 2.05) is 74.5 Å². The molecule has 1 atom stereocenters. The zero-order valence-electron chi connectivity index (χ0n) is 19.0. The molecule has 0 heterocycles. The highest BCUT2D eigenvalue weighted by molar-refractivity contribution is 9.10. The Labute approximate surface area is 207 Å². The molecule has 1 unspecified atom stereocenters. The predicted molar refractivity (Wildman–Crippen MR) is 133 cm³/mol. The fraction of sp³-hybridized carbons (Fsp3) is 0.308. The summed E-state index contributed by atoms with van der Waals surface area (Å²) in [6, 6.07) is 21.0. The molecule has 0 aromatic heterocycles. The minimum atomic E-state index is -5.70. The van der Waals surface area contributed by atoms with E-state index in [2.05, 4.69) is 15.9 Å².